The fourth-order valence-electron chi connectivity index (χ4n) is 3.10. The van der Waals surface area contributed by atoms with Gasteiger partial charge in [-0.2, -0.15) is 5.26 Å². The second-order valence-corrected chi connectivity index (χ2v) is 6.51. The summed E-state index contributed by atoms with van der Waals surface area (Å²) in [7, 11) is 0. The highest BCUT2D eigenvalue weighted by Crippen LogP contribution is 2.22. The van der Waals surface area contributed by atoms with Crippen molar-refractivity contribution in [2.45, 2.75) is 0 Å². The molecule has 4 rings (SSSR count). The highest BCUT2D eigenvalue weighted by atomic mass is 16.5. The van der Waals surface area contributed by atoms with Gasteiger partial charge in [-0.3, -0.25) is 4.79 Å². The van der Waals surface area contributed by atoms with Gasteiger partial charge in [-0.25, -0.2) is 9.97 Å². The van der Waals surface area contributed by atoms with Gasteiger partial charge < -0.3 is 15.0 Å². The predicted molar refractivity (Wildman–Crippen MR) is 110 cm³/mol. The highest BCUT2D eigenvalue weighted by molar-refractivity contribution is 6.04. The molecule has 1 aliphatic heterocycles. The van der Waals surface area contributed by atoms with Gasteiger partial charge in [0.25, 0.3) is 5.91 Å². The van der Waals surface area contributed by atoms with Crippen LogP contribution >= 0.6 is 0 Å². The van der Waals surface area contributed by atoms with E-state index < -0.39 is 0 Å². The molecule has 0 saturated carbocycles. The molecule has 144 valence electrons. The number of carbonyl (C=O) groups excluding carboxylic acids is 1. The number of hydrogen-bond donors (Lipinski definition) is 1. The molecule has 1 saturated heterocycles. The summed E-state index contributed by atoms with van der Waals surface area (Å²) in [6, 6.07) is 20.2. The molecule has 29 heavy (non-hydrogen) atoms. The van der Waals surface area contributed by atoms with Crippen LogP contribution in [0.5, 0.6) is 0 Å². The SMILES string of the molecule is N#Cc1ccccc1NC(=O)c1cc(N2CCOCC2)nc(-c2ccccc2)n1. The van der Waals surface area contributed by atoms with Crippen LogP contribution in [0.4, 0.5) is 11.5 Å². The fourth-order valence-corrected chi connectivity index (χ4v) is 3.10. The number of hydrogen-bond acceptors (Lipinski definition) is 6. The molecule has 3 aromatic rings. The average Bonchev–Trinajstić information content (AvgIpc) is 2.80. The third-order valence-corrected chi connectivity index (χ3v) is 4.61. The Morgan fingerprint density at radius 1 is 1.03 bits per heavy atom. The molecule has 0 bridgehead atoms. The number of benzene rings is 2. The summed E-state index contributed by atoms with van der Waals surface area (Å²) in [5, 5.41) is 12.1. The Morgan fingerprint density at radius 2 is 1.76 bits per heavy atom. The van der Waals surface area contributed by atoms with E-state index in [2.05, 4.69) is 26.3 Å². The molecule has 0 aliphatic carbocycles. The molecule has 0 atom stereocenters. The van der Waals surface area contributed by atoms with Gasteiger partial charge in [0.15, 0.2) is 5.82 Å². The lowest BCUT2D eigenvalue weighted by molar-refractivity contribution is 0.102. The first-order valence-electron chi connectivity index (χ1n) is 9.32. The molecular formula is C22H19N5O2. The van der Waals surface area contributed by atoms with E-state index in [0.717, 1.165) is 5.56 Å². The molecule has 0 unspecified atom stereocenters. The average molecular weight is 385 g/mol. The summed E-state index contributed by atoms with van der Waals surface area (Å²) in [6.45, 7) is 2.62. The molecule has 7 nitrogen and oxygen atoms in total. The maximum atomic E-state index is 12.9. The monoisotopic (exact) mass is 385 g/mol. The van der Waals surface area contributed by atoms with Crippen LogP contribution in [0.1, 0.15) is 16.1 Å². The lowest BCUT2D eigenvalue weighted by Gasteiger charge is -2.28. The molecule has 0 radical (unpaired) electrons. The summed E-state index contributed by atoms with van der Waals surface area (Å²) in [4.78, 5) is 24.2. The zero-order valence-electron chi connectivity index (χ0n) is 15.7. The van der Waals surface area contributed by atoms with Gasteiger partial charge in [0.2, 0.25) is 0 Å². The maximum absolute atomic E-state index is 12.9. The summed E-state index contributed by atoms with van der Waals surface area (Å²) >= 11 is 0. The van der Waals surface area contributed by atoms with Crippen LogP contribution in [0.3, 0.4) is 0 Å². The lowest BCUT2D eigenvalue weighted by Crippen LogP contribution is -2.37. The van der Waals surface area contributed by atoms with Crippen molar-refractivity contribution in [3.05, 3.63) is 71.9 Å². The highest BCUT2D eigenvalue weighted by Gasteiger charge is 2.19. The van der Waals surface area contributed by atoms with Crippen molar-refractivity contribution in [2.24, 2.45) is 0 Å². The second kappa shape index (κ2) is 8.50. The van der Waals surface area contributed by atoms with E-state index in [1.807, 2.05) is 30.3 Å². The number of nitrogens with zero attached hydrogens (tertiary/aromatic N) is 4. The zero-order valence-corrected chi connectivity index (χ0v) is 15.7. The molecule has 7 heteroatoms. The van der Waals surface area contributed by atoms with Crippen molar-refractivity contribution in [3.8, 4) is 17.5 Å². The van der Waals surface area contributed by atoms with E-state index in [4.69, 9.17) is 4.74 Å². The number of amides is 1. The minimum Gasteiger partial charge on any atom is -0.378 e. The van der Waals surface area contributed by atoms with Gasteiger partial charge in [-0.15, -0.1) is 0 Å². The quantitative estimate of drug-likeness (QED) is 0.742. The molecule has 1 N–H and O–H groups in total. The summed E-state index contributed by atoms with van der Waals surface area (Å²) in [5.41, 5.74) is 1.92. The number of carbonyl (C=O) groups is 1. The topological polar surface area (TPSA) is 91.1 Å². The Balaban J connectivity index is 1.71. The standard InChI is InChI=1S/C22H19N5O2/c23-15-17-8-4-5-9-18(17)25-22(28)19-14-20(27-10-12-29-13-11-27)26-21(24-19)16-6-2-1-3-7-16/h1-9,14H,10-13H2,(H,25,28). The lowest BCUT2D eigenvalue weighted by atomic mass is 10.2. The van der Waals surface area contributed by atoms with Crippen LogP contribution in [0, 0.1) is 11.3 Å². The number of aromatic nitrogens is 2. The van der Waals surface area contributed by atoms with Crippen LogP contribution in [-0.4, -0.2) is 42.2 Å². The number of rotatable bonds is 4. The molecule has 1 amide bonds. The van der Waals surface area contributed by atoms with E-state index >= 15 is 0 Å². The largest absolute Gasteiger partial charge is 0.378 e. The van der Waals surface area contributed by atoms with Gasteiger partial charge in [0.1, 0.15) is 17.6 Å². The van der Waals surface area contributed by atoms with Gasteiger partial charge in [0, 0.05) is 24.7 Å². The molecular weight excluding hydrogens is 366 g/mol. The summed E-state index contributed by atoms with van der Waals surface area (Å²) < 4.78 is 5.42. The zero-order chi connectivity index (χ0) is 20.1. The molecule has 1 aliphatic rings. The van der Waals surface area contributed by atoms with Crippen LogP contribution in [0.25, 0.3) is 11.4 Å². The van der Waals surface area contributed by atoms with E-state index in [9.17, 15) is 10.1 Å². The third kappa shape index (κ3) is 4.23. The van der Waals surface area contributed by atoms with Crippen LogP contribution in [0.15, 0.2) is 60.7 Å². The number of anilines is 2. The van der Waals surface area contributed by atoms with Crippen molar-refractivity contribution in [1.82, 2.24) is 9.97 Å². The molecule has 1 fully saturated rings. The second-order valence-electron chi connectivity index (χ2n) is 6.51. The third-order valence-electron chi connectivity index (χ3n) is 4.61. The summed E-state index contributed by atoms with van der Waals surface area (Å²) in [5.74, 6) is 0.774. The van der Waals surface area contributed by atoms with Crippen LogP contribution in [-0.2, 0) is 4.74 Å². The van der Waals surface area contributed by atoms with Crippen molar-refractivity contribution in [2.75, 3.05) is 36.5 Å². The number of nitriles is 1. The first kappa shape index (κ1) is 18.6. The van der Waals surface area contributed by atoms with Gasteiger partial charge in [0.05, 0.1) is 24.5 Å². The van der Waals surface area contributed by atoms with E-state index in [0.29, 0.717) is 49.2 Å². The Morgan fingerprint density at radius 3 is 2.52 bits per heavy atom. The van der Waals surface area contributed by atoms with Crippen LogP contribution < -0.4 is 10.2 Å². The number of morpholine rings is 1. The van der Waals surface area contributed by atoms with E-state index in [-0.39, 0.29) is 11.6 Å². The predicted octanol–water partition coefficient (Wildman–Crippen LogP) is 3.10. The number of para-hydroxylation sites is 1. The minimum atomic E-state index is -0.387. The van der Waals surface area contributed by atoms with E-state index in [1.165, 1.54) is 0 Å². The molecule has 2 aromatic carbocycles. The maximum Gasteiger partial charge on any atom is 0.274 e. The minimum absolute atomic E-state index is 0.244. The smallest absolute Gasteiger partial charge is 0.274 e. The number of ether oxygens (including phenoxy) is 1. The normalized spacial score (nSPS) is 13.6. The van der Waals surface area contributed by atoms with Gasteiger partial charge in [-0.1, -0.05) is 42.5 Å². The van der Waals surface area contributed by atoms with Crippen LogP contribution in [0.2, 0.25) is 0 Å². The van der Waals surface area contributed by atoms with Crippen molar-refractivity contribution >= 4 is 17.4 Å². The Labute approximate surface area is 168 Å². The first-order chi connectivity index (χ1) is 14.2. The Hall–Kier alpha value is -3.76. The first-order valence-corrected chi connectivity index (χ1v) is 9.32. The van der Waals surface area contributed by atoms with Gasteiger partial charge >= 0.3 is 0 Å². The molecule has 1 aromatic heterocycles. The summed E-state index contributed by atoms with van der Waals surface area (Å²) in [6.07, 6.45) is 0. The molecule has 2 heterocycles. The van der Waals surface area contributed by atoms with Crippen molar-refractivity contribution < 1.29 is 9.53 Å². The van der Waals surface area contributed by atoms with Crippen molar-refractivity contribution in [1.29, 1.82) is 5.26 Å². The van der Waals surface area contributed by atoms with E-state index in [1.54, 1.807) is 30.3 Å². The van der Waals surface area contributed by atoms with Crippen molar-refractivity contribution in [3.63, 3.8) is 0 Å². The van der Waals surface area contributed by atoms with Gasteiger partial charge in [-0.05, 0) is 12.1 Å². The fraction of sp³-hybridized carbons (Fsp3) is 0.182. The Kier molecular flexibility index (Phi) is 5.45. The molecule has 0 spiro atoms. The Bertz CT molecular complexity index is 1060. The number of nitrogens with one attached hydrogen (secondary N) is 1.